The van der Waals surface area contributed by atoms with Gasteiger partial charge < -0.3 is 9.84 Å². The smallest absolute Gasteiger partial charge is 0.178 e. The number of aromatic amines is 1. The van der Waals surface area contributed by atoms with Crippen LogP contribution in [0.3, 0.4) is 0 Å². The molecule has 0 aliphatic carbocycles. The van der Waals surface area contributed by atoms with Crippen molar-refractivity contribution in [1.29, 1.82) is 0 Å². The Labute approximate surface area is 157 Å². The molecule has 2 N–H and O–H groups in total. The van der Waals surface area contributed by atoms with E-state index in [0.29, 0.717) is 36.6 Å². The van der Waals surface area contributed by atoms with E-state index in [1.54, 1.807) is 6.07 Å². The molecule has 0 saturated carbocycles. The Bertz CT molecular complexity index is 923. The highest BCUT2D eigenvalue weighted by molar-refractivity contribution is 5.97. The van der Waals surface area contributed by atoms with Crippen LogP contribution in [-0.4, -0.2) is 31.5 Å². The Morgan fingerprint density at radius 1 is 1.26 bits per heavy atom. The zero-order valence-corrected chi connectivity index (χ0v) is 15.4. The first kappa shape index (κ1) is 18.6. The summed E-state index contributed by atoms with van der Waals surface area (Å²) in [4.78, 5) is 11.7. The van der Waals surface area contributed by atoms with Crippen LogP contribution >= 0.6 is 0 Å². The van der Waals surface area contributed by atoms with Gasteiger partial charge in [-0.1, -0.05) is 36.8 Å². The average Bonchev–Trinajstić information content (AvgIpc) is 3.15. The fourth-order valence-corrected chi connectivity index (χ4v) is 2.97. The van der Waals surface area contributed by atoms with Gasteiger partial charge in [-0.3, -0.25) is 4.79 Å². The molecule has 0 atom stereocenters. The van der Waals surface area contributed by atoms with Crippen molar-refractivity contribution in [1.82, 2.24) is 20.6 Å². The van der Waals surface area contributed by atoms with Crippen molar-refractivity contribution < 1.29 is 14.6 Å². The molecule has 0 radical (unpaired) electrons. The number of hydrogen-bond donors (Lipinski definition) is 2. The van der Waals surface area contributed by atoms with Gasteiger partial charge in [0.15, 0.2) is 11.6 Å². The van der Waals surface area contributed by atoms with E-state index < -0.39 is 0 Å². The molecule has 1 aromatic heterocycles. The van der Waals surface area contributed by atoms with Gasteiger partial charge in [0.1, 0.15) is 18.1 Å². The van der Waals surface area contributed by atoms with Crippen LogP contribution in [-0.2, 0) is 19.4 Å². The van der Waals surface area contributed by atoms with Crippen LogP contribution in [0.5, 0.6) is 11.5 Å². The van der Waals surface area contributed by atoms with Gasteiger partial charge in [0.2, 0.25) is 0 Å². The molecular weight excluding hydrogens is 344 g/mol. The number of ketones is 1. The maximum Gasteiger partial charge on any atom is 0.178 e. The van der Waals surface area contributed by atoms with E-state index in [9.17, 15) is 9.90 Å². The molecule has 7 heteroatoms. The van der Waals surface area contributed by atoms with Gasteiger partial charge in [-0.15, -0.1) is 10.2 Å². The number of H-pyrrole nitrogens is 1. The highest BCUT2D eigenvalue weighted by atomic mass is 16.5. The summed E-state index contributed by atoms with van der Waals surface area (Å²) in [6.07, 6.45) is 2.11. The molecule has 0 aliphatic heterocycles. The summed E-state index contributed by atoms with van der Waals surface area (Å²) in [7, 11) is 0. The van der Waals surface area contributed by atoms with Crippen molar-refractivity contribution >= 4 is 5.78 Å². The predicted octanol–water partition coefficient (Wildman–Crippen LogP) is 3.23. The van der Waals surface area contributed by atoms with E-state index in [4.69, 9.17) is 4.74 Å². The molecule has 0 spiro atoms. The third kappa shape index (κ3) is 4.49. The van der Waals surface area contributed by atoms with Gasteiger partial charge in [-0.25, -0.2) is 0 Å². The first-order valence-electron chi connectivity index (χ1n) is 8.87. The van der Waals surface area contributed by atoms with Crippen LogP contribution in [0.1, 0.15) is 53.1 Å². The maximum absolute atomic E-state index is 11.7. The molecular formula is C20H22N4O3. The van der Waals surface area contributed by atoms with E-state index in [1.165, 1.54) is 6.92 Å². The highest BCUT2D eigenvalue weighted by Gasteiger charge is 2.15. The number of phenolic OH excluding ortho intramolecular Hbond substituents is 1. The molecule has 3 aromatic rings. The number of rotatable bonds is 8. The number of phenols is 1. The third-order valence-corrected chi connectivity index (χ3v) is 4.30. The van der Waals surface area contributed by atoms with E-state index in [0.717, 1.165) is 23.1 Å². The molecule has 1 heterocycles. The van der Waals surface area contributed by atoms with E-state index in [2.05, 4.69) is 20.6 Å². The Morgan fingerprint density at radius 2 is 2.11 bits per heavy atom. The number of hydrogen-bond acceptors (Lipinski definition) is 6. The Balaban J connectivity index is 1.76. The van der Waals surface area contributed by atoms with Crippen molar-refractivity contribution in [2.75, 3.05) is 0 Å². The summed E-state index contributed by atoms with van der Waals surface area (Å²) in [5, 5.41) is 24.4. The topological polar surface area (TPSA) is 101 Å². The zero-order valence-electron chi connectivity index (χ0n) is 15.4. The SMILES string of the molecule is CCCc1c(COc2cccc(Cc3nn[nH]n3)c2)ccc(C(C)=O)c1O. The van der Waals surface area contributed by atoms with Gasteiger partial charge in [0.25, 0.3) is 0 Å². The molecule has 7 nitrogen and oxygen atoms in total. The number of nitrogens with one attached hydrogen (secondary N) is 1. The molecule has 0 bridgehead atoms. The number of aromatic nitrogens is 4. The summed E-state index contributed by atoms with van der Waals surface area (Å²) in [5.74, 6) is 1.25. The number of benzene rings is 2. The molecule has 2 aromatic carbocycles. The van der Waals surface area contributed by atoms with Crippen molar-refractivity contribution in [3.05, 3.63) is 64.5 Å². The van der Waals surface area contributed by atoms with Gasteiger partial charge in [-0.05, 0) is 42.7 Å². The van der Waals surface area contributed by atoms with Crippen LogP contribution < -0.4 is 4.74 Å². The van der Waals surface area contributed by atoms with E-state index >= 15 is 0 Å². The average molecular weight is 366 g/mol. The zero-order chi connectivity index (χ0) is 19.2. The molecule has 0 unspecified atom stereocenters. The quantitative estimate of drug-likeness (QED) is 0.594. The third-order valence-electron chi connectivity index (χ3n) is 4.30. The lowest BCUT2D eigenvalue weighted by Gasteiger charge is -2.15. The number of tetrazole rings is 1. The largest absolute Gasteiger partial charge is 0.507 e. The van der Waals surface area contributed by atoms with Crippen LogP contribution in [0.25, 0.3) is 0 Å². The Hall–Kier alpha value is -3.22. The summed E-state index contributed by atoms with van der Waals surface area (Å²) in [6.45, 7) is 3.80. The Morgan fingerprint density at radius 3 is 2.81 bits per heavy atom. The highest BCUT2D eigenvalue weighted by Crippen LogP contribution is 2.29. The van der Waals surface area contributed by atoms with Crippen LogP contribution in [0.2, 0.25) is 0 Å². The minimum atomic E-state index is -0.147. The monoisotopic (exact) mass is 366 g/mol. The number of nitrogens with zero attached hydrogens (tertiary/aromatic N) is 3. The molecule has 0 amide bonds. The standard InChI is InChI=1S/C20H22N4O3/c1-3-5-18-15(8-9-17(13(2)25)20(18)26)12-27-16-7-4-6-14(10-16)11-19-21-23-24-22-19/h4,6-10,26H,3,5,11-12H2,1-2H3,(H,21,22,23,24). The number of aromatic hydroxyl groups is 1. The van der Waals surface area contributed by atoms with Crippen molar-refractivity contribution in [3.8, 4) is 11.5 Å². The van der Waals surface area contributed by atoms with Crippen LogP contribution in [0, 0.1) is 0 Å². The van der Waals surface area contributed by atoms with E-state index in [1.807, 2.05) is 37.3 Å². The molecule has 0 aliphatic rings. The van der Waals surface area contributed by atoms with Crippen molar-refractivity contribution in [2.45, 2.75) is 39.7 Å². The van der Waals surface area contributed by atoms with Crippen LogP contribution in [0.4, 0.5) is 0 Å². The molecule has 27 heavy (non-hydrogen) atoms. The van der Waals surface area contributed by atoms with Crippen LogP contribution in [0.15, 0.2) is 36.4 Å². The molecule has 0 fully saturated rings. The molecule has 0 saturated heterocycles. The summed E-state index contributed by atoms with van der Waals surface area (Å²) >= 11 is 0. The summed E-state index contributed by atoms with van der Waals surface area (Å²) in [6, 6.07) is 11.2. The summed E-state index contributed by atoms with van der Waals surface area (Å²) in [5.41, 5.74) is 3.01. The minimum absolute atomic E-state index is 0.0660. The fraction of sp³-hybridized carbons (Fsp3) is 0.300. The van der Waals surface area contributed by atoms with Gasteiger partial charge in [0.05, 0.1) is 5.56 Å². The summed E-state index contributed by atoms with van der Waals surface area (Å²) < 4.78 is 5.93. The lowest BCUT2D eigenvalue weighted by molar-refractivity contribution is 0.101. The second-order valence-electron chi connectivity index (χ2n) is 6.35. The van der Waals surface area contributed by atoms with Gasteiger partial charge in [0, 0.05) is 12.0 Å². The maximum atomic E-state index is 11.7. The first-order valence-corrected chi connectivity index (χ1v) is 8.87. The molecule has 140 valence electrons. The number of Topliss-reactive ketones (excluding diaryl/α,β-unsaturated/α-hetero) is 1. The van der Waals surface area contributed by atoms with Gasteiger partial charge >= 0.3 is 0 Å². The van der Waals surface area contributed by atoms with Crippen molar-refractivity contribution in [2.24, 2.45) is 0 Å². The normalized spacial score (nSPS) is 10.7. The second-order valence-corrected chi connectivity index (χ2v) is 6.35. The molecule has 3 rings (SSSR count). The lowest BCUT2D eigenvalue weighted by Crippen LogP contribution is -2.04. The predicted molar refractivity (Wildman–Crippen MR) is 99.9 cm³/mol. The van der Waals surface area contributed by atoms with Gasteiger partial charge in [-0.2, -0.15) is 5.21 Å². The lowest BCUT2D eigenvalue weighted by atomic mass is 9.97. The second kappa shape index (κ2) is 8.44. The number of carbonyl (C=O) groups excluding carboxylic acids is 1. The first-order chi connectivity index (χ1) is 13.1. The van der Waals surface area contributed by atoms with Crippen molar-refractivity contribution in [3.63, 3.8) is 0 Å². The number of ether oxygens (including phenoxy) is 1. The number of carbonyl (C=O) groups is 1. The minimum Gasteiger partial charge on any atom is -0.507 e. The fourth-order valence-electron chi connectivity index (χ4n) is 2.97. The Kier molecular flexibility index (Phi) is 5.80. The van der Waals surface area contributed by atoms with E-state index in [-0.39, 0.29) is 11.5 Å².